The second-order valence-corrected chi connectivity index (χ2v) is 5.49. The van der Waals surface area contributed by atoms with Gasteiger partial charge >= 0.3 is 0 Å². The monoisotopic (exact) mass is 248 g/mol. The molecular weight excluding hydrogens is 228 g/mol. The van der Waals surface area contributed by atoms with Crippen molar-refractivity contribution < 1.29 is 9.47 Å². The van der Waals surface area contributed by atoms with Crippen molar-refractivity contribution in [2.75, 3.05) is 37.7 Å². The Bertz CT molecular complexity index is 439. The molecular formula is C14H20N2O2. The van der Waals surface area contributed by atoms with E-state index < -0.39 is 0 Å². The molecule has 0 spiro atoms. The number of nitrogens with one attached hydrogen (secondary N) is 1. The zero-order valence-electron chi connectivity index (χ0n) is 11.0. The van der Waals surface area contributed by atoms with Gasteiger partial charge in [-0.1, -0.05) is 6.07 Å². The summed E-state index contributed by atoms with van der Waals surface area (Å²) < 4.78 is 11.9. The fraction of sp³-hybridized carbons (Fsp3) is 0.571. The minimum absolute atomic E-state index is 0.241. The van der Waals surface area contributed by atoms with Gasteiger partial charge in [-0.3, -0.25) is 0 Å². The van der Waals surface area contributed by atoms with Crippen LogP contribution in [0.3, 0.4) is 0 Å². The third-order valence-corrected chi connectivity index (χ3v) is 3.37. The van der Waals surface area contributed by atoms with Crippen LogP contribution in [0.5, 0.6) is 11.5 Å². The molecule has 18 heavy (non-hydrogen) atoms. The van der Waals surface area contributed by atoms with E-state index in [1.54, 1.807) is 0 Å². The maximum absolute atomic E-state index is 5.98. The quantitative estimate of drug-likeness (QED) is 0.819. The summed E-state index contributed by atoms with van der Waals surface area (Å²) in [5, 5.41) is 3.36. The van der Waals surface area contributed by atoms with Crippen LogP contribution in [-0.4, -0.2) is 38.4 Å². The number of fused-ring (bicyclic) bond motifs is 1. The summed E-state index contributed by atoms with van der Waals surface area (Å²) in [5.74, 6) is 1.76. The molecule has 0 atom stereocenters. The Labute approximate surface area is 108 Å². The van der Waals surface area contributed by atoms with Crippen LogP contribution in [0, 0.1) is 0 Å². The first kappa shape index (κ1) is 11.7. The van der Waals surface area contributed by atoms with Crippen molar-refractivity contribution in [3.63, 3.8) is 0 Å². The number of rotatable bonds is 1. The highest BCUT2D eigenvalue weighted by molar-refractivity contribution is 5.65. The molecule has 2 aliphatic rings. The zero-order valence-corrected chi connectivity index (χ0v) is 11.0. The Morgan fingerprint density at radius 1 is 1.22 bits per heavy atom. The summed E-state index contributed by atoms with van der Waals surface area (Å²) in [6, 6.07) is 6.15. The summed E-state index contributed by atoms with van der Waals surface area (Å²) in [6.07, 6.45) is 0. The molecule has 1 aromatic rings. The molecule has 0 radical (unpaired) electrons. The van der Waals surface area contributed by atoms with Gasteiger partial charge in [-0.15, -0.1) is 0 Å². The van der Waals surface area contributed by atoms with Crippen molar-refractivity contribution in [2.45, 2.75) is 19.4 Å². The predicted octanol–water partition coefficient (Wildman–Crippen LogP) is 1.65. The van der Waals surface area contributed by atoms with E-state index in [1.807, 2.05) is 26.0 Å². The lowest BCUT2D eigenvalue weighted by Crippen LogP contribution is -2.44. The van der Waals surface area contributed by atoms with Crippen LogP contribution in [0.2, 0.25) is 0 Å². The van der Waals surface area contributed by atoms with Crippen LogP contribution in [0.1, 0.15) is 13.8 Å². The van der Waals surface area contributed by atoms with Crippen LogP contribution in [0.4, 0.5) is 5.69 Å². The Kier molecular flexibility index (Phi) is 2.82. The Hall–Kier alpha value is -1.42. The van der Waals surface area contributed by atoms with Gasteiger partial charge < -0.3 is 19.7 Å². The summed E-state index contributed by atoms with van der Waals surface area (Å²) in [6.45, 7) is 8.78. The average molecular weight is 248 g/mol. The number of anilines is 1. The van der Waals surface area contributed by atoms with Crippen LogP contribution < -0.4 is 19.7 Å². The molecule has 1 N–H and O–H groups in total. The highest BCUT2D eigenvalue weighted by Crippen LogP contribution is 2.42. The maximum Gasteiger partial charge on any atom is 0.184 e. The topological polar surface area (TPSA) is 33.7 Å². The Morgan fingerprint density at radius 2 is 2.00 bits per heavy atom. The number of para-hydroxylation sites is 1. The third kappa shape index (κ3) is 2.12. The van der Waals surface area contributed by atoms with Gasteiger partial charge in [0.1, 0.15) is 12.2 Å². The summed E-state index contributed by atoms with van der Waals surface area (Å²) >= 11 is 0. The van der Waals surface area contributed by atoms with Crippen LogP contribution >= 0.6 is 0 Å². The highest BCUT2D eigenvalue weighted by Gasteiger charge is 2.30. The lowest BCUT2D eigenvalue weighted by atomic mass is 10.1. The zero-order chi connectivity index (χ0) is 12.6. The summed E-state index contributed by atoms with van der Waals surface area (Å²) in [5.41, 5.74) is 0.916. The number of benzene rings is 1. The molecule has 2 aliphatic heterocycles. The third-order valence-electron chi connectivity index (χ3n) is 3.37. The molecule has 1 saturated heterocycles. The van der Waals surface area contributed by atoms with Crippen molar-refractivity contribution in [1.29, 1.82) is 0 Å². The number of ether oxygens (including phenoxy) is 2. The maximum atomic E-state index is 5.98. The minimum atomic E-state index is -0.241. The normalized spacial score (nSPS) is 21.8. The number of piperazine rings is 1. The first-order chi connectivity index (χ1) is 8.66. The summed E-state index contributed by atoms with van der Waals surface area (Å²) in [4.78, 5) is 2.36. The lowest BCUT2D eigenvalue weighted by molar-refractivity contribution is 0.0216. The average Bonchev–Trinajstić information content (AvgIpc) is 2.37. The molecule has 98 valence electrons. The number of nitrogens with zero attached hydrogens (tertiary/aromatic N) is 1. The van der Waals surface area contributed by atoms with E-state index in [-0.39, 0.29) is 5.60 Å². The Morgan fingerprint density at radius 3 is 2.78 bits per heavy atom. The molecule has 0 amide bonds. The highest BCUT2D eigenvalue weighted by atomic mass is 16.6. The number of hydrogen-bond donors (Lipinski definition) is 1. The van der Waals surface area contributed by atoms with E-state index in [2.05, 4.69) is 16.3 Å². The van der Waals surface area contributed by atoms with Gasteiger partial charge in [-0.2, -0.15) is 0 Å². The van der Waals surface area contributed by atoms with Crippen molar-refractivity contribution in [3.05, 3.63) is 18.2 Å². The molecule has 1 fully saturated rings. The molecule has 4 nitrogen and oxygen atoms in total. The van der Waals surface area contributed by atoms with Gasteiger partial charge in [0.25, 0.3) is 0 Å². The second kappa shape index (κ2) is 4.35. The molecule has 0 unspecified atom stereocenters. The van der Waals surface area contributed by atoms with Crippen molar-refractivity contribution >= 4 is 5.69 Å². The van der Waals surface area contributed by atoms with Crippen LogP contribution in [0.25, 0.3) is 0 Å². The smallest absolute Gasteiger partial charge is 0.184 e. The van der Waals surface area contributed by atoms with E-state index in [1.165, 1.54) is 0 Å². The van der Waals surface area contributed by atoms with Gasteiger partial charge in [0.15, 0.2) is 11.5 Å². The molecule has 0 saturated carbocycles. The molecule has 0 bridgehead atoms. The minimum Gasteiger partial charge on any atom is -0.483 e. The first-order valence-electron chi connectivity index (χ1n) is 6.56. The standard InChI is InChI=1S/C14H20N2O2/c1-14(2)10-17-13-11(4-3-5-12(13)18-14)16-8-6-15-7-9-16/h3-5,15H,6-10H2,1-2H3. The van der Waals surface area contributed by atoms with E-state index >= 15 is 0 Å². The molecule has 1 aromatic carbocycles. The molecule has 3 rings (SSSR count). The van der Waals surface area contributed by atoms with Crippen LogP contribution in [0.15, 0.2) is 18.2 Å². The molecule has 4 heteroatoms. The van der Waals surface area contributed by atoms with E-state index in [0.29, 0.717) is 6.61 Å². The fourth-order valence-corrected chi connectivity index (χ4v) is 2.46. The second-order valence-electron chi connectivity index (χ2n) is 5.49. The van der Waals surface area contributed by atoms with Gasteiger partial charge in [0.05, 0.1) is 5.69 Å². The summed E-state index contributed by atoms with van der Waals surface area (Å²) in [7, 11) is 0. The SMILES string of the molecule is CC1(C)COc2c(cccc2N2CCNCC2)O1. The van der Waals surface area contributed by atoms with Crippen LogP contribution in [-0.2, 0) is 0 Å². The van der Waals surface area contributed by atoms with Crippen molar-refractivity contribution in [3.8, 4) is 11.5 Å². The van der Waals surface area contributed by atoms with E-state index in [4.69, 9.17) is 9.47 Å². The predicted molar refractivity (Wildman–Crippen MR) is 71.7 cm³/mol. The van der Waals surface area contributed by atoms with Gasteiger partial charge in [0, 0.05) is 26.2 Å². The molecule has 0 aliphatic carbocycles. The fourth-order valence-electron chi connectivity index (χ4n) is 2.46. The largest absolute Gasteiger partial charge is 0.483 e. The molecule has 2 heterocycles. The van der Waals surface area contributed by atoms with E-state index in [9.17, 15) is 0 Å². The number of hydrogen-bond acceptors (Lipinski definition) is 4. The lowest BCUT2D eigenvalue weighted by Gasteiger charge is -2.36. The van der Waals surface area contributed by atoms with Gasteiger partial charge in [-0.25, -0.2) is 0 Å². The molecule has 0 aromatic heterocycles. The van der Waals surface area contributed by atoms with Crippen molar-refractivity contribution in [2.24, 2.45) is 0 Å². The van der Waals surface area contributed by atoms with Gasteiger partial charge in [0.2, 0.25) is 0 Å². The van der Waals surface area contributed by atoms with E-state index in [0.717, 1.165) is 43.4 Å². The Balaban J connectivity index is 1.92. The first-order valence-corrected chi connectivity index (χ1v) is 6.56. The van der Waals surface area contributed by atoms with Gasteiger partial charge in [-0.05, 0) is 26.0 Å². The van der Waals surface area contributed by atoms with Crippen molar-refractivity contribution in [1.82, 2.24) is 5.32 Å².